The maximum absolute atomic E-state index is 13.2. The van der Waals surface area contributed by atoms with E-state index in [9.17, 15) is 14.4 Å². The molecular formula is C25H27ClN6O4. The molecule has 0 radical (unpaired) electrons. The van der Waals surface area contributed by atoms with Gasteiger partial charge in [0.25, 0.3) is 11.1 Å². The molecule has 1 saturated heterocycles. The zero-order chi connectivity index (χ0) is 25.2. The summed E-state index contributed by atoms with van der Waals surface area (Å²) in [5, 5.41) is 5.46. The minimum Gasteiger partial charge on any atom is -0.361 e. The first-order valence-electron chi connectivity index (χ1n) is 12.1. The number of rotatable bonds is 8. The van der Waals surface area contributed by atoms with Crippen molar-refractivity contribution in [3.8, 4) is 11.3 Å². The number of aryl methyl sites for hydroxylation is 1. The van der Waals surface area contributed by atoms with Crippen molar-refractivity contribution in [3.63, 3.8) is 0 Å². The zero-order valence-corrected chi connectivity index (χ0v) is 20.6. The predicted octanol–water partition coefficient (Wildman–Crippen LogP) is 3.90. The Hall–Kier alpha value is -3.79. The number of benzene rings is 1. The molecule has 0 bridgehead atoms. The molecule has 0 spiro atoms. The van der Waals surface area contributed by atoms with Crippen molar-refractivity contribution in [2.75, 3.05) is 16.8 Å². The summed E-state index contributed by atoms with van der Waals surface area (Å²) in [5.41, 5.74) is 0.876. The molecule has 1 aromatic carbocycles. The van der Waals surface area contributed by atoms with Gasteiger partial charge in [0.1, 0.15) is 11.9 Å². The highest BCUT2D eigenvalue weighted by molar-refractivity contribution is 6.30. The maximum atomic E-state index is 13.2. The lowest BCUT2D eigenvalue weighted by atomic mass is 10.2. The van der Waals surface area contributed by atoms with Crippen molar-refractivity contribution in [2.24, 2.45) is 0 Å². The molecule has 0 unspecified atom stereocenters. The normalized spacial score (nSPS) is 15.6. The van der Waals surface area contributed by atoms with Crippen LogP contribution in [0.25, 0.3) is 17.0 Å². The number of anilines is 2. The number of halogens is 1. The van der Waals surface area contributed by atoms with E-state index in [2.05, 4.69) is 17.4 Å². The van der Waals surface area contributed by atoms with Gasteiger partial charge in [-0.15, -0.1) is 0 Å². The second-order valence-corrected chi connectivity index (χ2v) is 9.36. The van der Waals surface area contributed by atoms with Crippen molar-refractivity contribution >= 4 is 35.0 Å². The lowest BCUT2D eigenvalue weighted by Gasteiger charge is -2.28. The van der Waals surface area contributed by atoms with E-state index in [1.165, 1.54) is 6.07 Å². The molecule has 10 nitrogen and oxygen atoms in total. The third-order valence-corrected chi connectivity index (χ3v) is 6.69. The highest BCUT2D eigenvalue weighted by Gasteiger charge is 2.33. The van der Waals surface area contributed by atoms with Crippen LogP contribution >= 0.6 is 11.6 Å². The largest absolute Gasteiger partial charge is 0.361 e. The molecule has 1 aliphatic rings. The average Bonchev–Trinajstić information content (AvgIpc) is 3.61. The highest BCUT2D eigenvalue weighted by atomic mass is 35.5. The standard InChI is InChI=1S/C25H27ClN6O4/c1-2-3-4-11-31-22(30-12-5-6-19(30)24(35)28-21-13-20(33)29-36-21)14-23(34)32-15-18(27-25(31)32)16-7-9-17(26)10-8-16/h7-10,13-15,19H,2-6,11-12H2,1H3,(H,28,35)(H,29,33)/t19-/m0/s1. The van der Waals surface area contributed by atoms with Crippen LogP contribution in [-0.4, -0.2) is 37.6 Å². The van der Waals surface area contributed by atoms with Crippen molar-refractivity contribution in [1.29, 1.82) is 0 Å². The van der Waals surface area contributed by atoms with Crippen molar-refractivity contribution in [2.45, 2.75) is 51.6 Å². The van der Waals surface area contributed by atoms with Crippen LogP contribution in [0.3, 0.4) is 0 Å². The summed E-state index contributed by atoms with van der Waals surface area (Å²) in [7, 11) is 0. The van der Waals surface area contributed by atoms with Gasteiger partial charge in [0.15, 0.2) is 0 Å². The lowest BCUT2D eigenvalue weighted by molar-refractivity contribution is -0.117. The summed E-state index contributed by atoms with van der Waals surface area (Å²) < 4.78 is 8.57. The van der Waals surface area contributed by atoms with Crippen LogP contribution in [0.15, 0.2) is 56.7 Å². The van der Waals surface area contributed by atoms with E-state index in [0.717, 1.165) is 31.2 Å². The molecule has 188 valence electrons. The number of nitrogens with zero attached hydrogens (tertiary/aromatic N) is 4. The quantitative estimate of drug-likeness (QED) is 0.347. The fourth-order valence-electron chi connectivity index (χ4n) is 4.68. The van der Waals surface area contributed by atoms with Gasteiger partial charge in [0.2, 0.25) is 17.6 Å². The summed E-state index contributed by atoms with van der Waals surface area (Å²) >= 11 is 6.04. The van der Waals surface area contributed by atoms with Gasteiger partial charge in [0, 0.05) is 35.9 Å². The first-order chi connectivity index (χ1) is 17.4. The van der Waals surface area contributed by atoms with Crippen LogP contribution in [0.4, 0.5) is 11.7 Å². The summed E-state index contributed by atoms with van der Waals surface area (Å²) in [6, 6.07) is 9.57. The van der Waals surface area contributed by atoms with E-state index in [1.807, 2.05) is 21.6 Å². The number of unbranched alkanes of at least 4 members (excludes halogenated alkanes) is 2. The Morgan fingerprint density at radius 2 is 2.03 bits per heavy atom. The second-order valence-electron chi connectivity index (χ2n) is 8.92. The molecular weight excluding hydrogens is 484 g/mol. The van der Waals surface area contributed by atoms with E-state index in [0.29, 0.717) is 41.8 Å². The molecule has 4 aromatic rings. The molecule has 1 aliphatic heterocycles. The number of carbonyl (C=O) groups is 1. The molecule has 1 amide bonds. The van der Waals surface area contributed by atoms with Gasteiger partial charge in [0.05, 0.1) is 11.8 Å². The molecule has 5 rings (SSSR count). The lowest BCUT2D eigenvalue weighted by Crippen LogP contribution is -2.42. The Morgan fingerprint density at radius 3 is 2.75 bits per heavy atom. The number of hydrogen-bond acceptors (Lipinski definition) is 6. The van der Waals surface area contributed by atoms with Gasteiger partial charge >= 0.3 is 0 Å². The van der Waals surface area contributed by atoms with Crippen LogP contribution in [-0.2, 0) is 11.3 Å². The molecule has 1 atom stereocenters. The van der Waals surface area contributed by atoms with E-state index in [1.54, 1.807) is 28.8 Å². The Labute approximate surface area is 211 Å². The SMILES string of the molecule is CCCCCn1c(N2CCC[C@H]2C(=O)Nc2cc(=O)[nH]o2)cc(=O)n2cc(-c3ccc(Cl)cc3)nc12. The number of imidazole rings is 1. The number of nitrogens with one attached hydrogen (secondary N) is 2. The third kappa shape index (κ3) is 4.68. The molecule has 11 heteroatoms. The van der Waals surface area contributed by atoms with E-state index >= 15 is 0 Å². The summed E-state index contributed by atoms with van der Waals surface area (Å²) in [6.45, 7) is 3.40. The van der Waals surface area contributed by atoms with Crippen molar-refractivity contribution < 1.29 is 9.32 Å². The number of hydrogen-bond donors (Lipinski definition) is 2. The van der Waals surface area contributed by atoms with Crippen LogP contribution in [0, 0.1) is 0 Å². The minimum atomic E-state index is -0.518. The Kier molecular flexibility index (Phi) is 6.69. The highest BCUT2D eigenvalue weighted by Crippen LogP contribution is 2.29. The topological polar surface area (TPSA) is 118 Å². The molecule has 4 heterocycles. The molecule has 3 aromatic heterocycles. The third-order valence-electron chi connectivity index (χ3n) is 6.44. The van der Waals surface area contributed by atoms with Crippen LogP contribution in [0.1, 0.15) is 39.0 Å². The number of aromatic nitrogens is 4. The molecule has 2 N–H and O–H groups in total. The van der Waals surface area contributed by atoms with Gasteiger partial charge in [-0.1, -0.05) is 43.5 Å². The monoisotopic (exact) mass is 510 g/mol. The Bertz CT molecular complexity index is 1500. The summed E-state index contributed by atoms with van der Waals surface area (Å²) in [5.74, 6) is 0.952. The van der Waals surface area contributed by atoms with Gasteiger partial charge < -0.3 is 9.42 Å². The summed E-state index contributed by atoms with van der Waals surface area (Å²) in [6.07, 6.45) is 6.12. The fraction of sp³-hybridized carbons (Fsp3) is 0.360. The van der Waals surface area contributed by atoms with Gasteiger partial charge in [-0.05, 0) is 31.4 Å². The Morgan fingerprint density at radius 1 is 1.22 bits per heavy atom. The zero-order valence-electron chi connectivity index (χ0n) is 19.9. The van der Waals surface area contributed by atoms with Crippen LogP contribution in [0.5, 0.6) is 0 Å². The molecule has 0 aliphatic carbocycles. The Balaban J connectivity index is 1.55. The van der Waals surface area contributed by atoms with E-state index in [-0.39, 0.29) is 17.4 Å². The average molecular weight is 511 g/mol. The van der Waals surface area contributed by atoms with Crippen LogP contribution in [0.2, 0.25) is 5.02 Å². The number of amides is 1. The first-order valence-corrected chi connectivity index (χ1v) is 12.5. The number of fused-ring (bicyclic) bond motifs is 1. The second kappa shape index (κ2) is 10.1. The molecule has 36 heavy (non-hydrogen) atoms. The smallest absolute Gasteiger partial charge is 0.282 e. The van der Waals surface area contributed by atoms with Crippen molar-refractivity contribution in [1.82, 2.24) is 19.1 Å². The molecule has 0 saturated carbocycles. The van der Waals surface area contributed by atoms with Gasteiger partial charge in [-0.2, -0.15) is 5.16 Å². The van der Waals surface area contributed by atoms with Crippen molar-refractivity contribution in [3.05, 3.63) is 68.3 Å². The minimum absolute atomic E-state index is 0.0634. The van der Waals surface area contributed by atoms with Gasteiger partial charge in [-0.25, -0.2) is 4.98 Å². The van der Waals surface area contributed by atoms with E-state index in [4.69, 9.17) is 21.1 Å². The first kappa shape index (κ1) is 23.9. The maximum Gasteiger partial charge on any atom is 0.282 e. The molecule has 1 fully saturated rings. The van der Waals surface area contributed by atoms with Gasteiger partial charge in [-0.3, -0.25) is 28.7 Å². The van der Waals surface area contributed by atoms with Crippen LogP contribution < -0.4 is 21.3 Å². The number of H-pyrrole nitrogens is 1. The summed E-state index contributed by atoms with van der Waals surface area (Å²) in [4.78, 5) is 44.5. The number of aromatic amines is 1. The number of carbonyl (C=O) groups excluding carboxylic acids is 1. The fourth-order valence-corrected chi connectivity index (χ4v) is 4.80. The predicted molar refractivity (Wildman–Crippen MR) is 138 cm³/mol. The van der Waals surface area contributed by atoms with E-state index < -0.39 is 11.6 Å².